The van der Waals surface area contributed by atoms with Crippen LogP contribution >= 0.6 is 11.5 Å². The van der Waals surface area contributed by atoms with Crippen LogP contribution in [0.15, 0.2) is 24.3 Å². The van der Waals surface area contributed by atoms with Gasteiger partial charge in [-0.25, -0.2) is 4.98 Å². The van der Waals surface area contributed by atoms with Crippen LogP contribution in [0.3, 0.4) is 0 Å². The fraction of sp³-hybridized carbons (Fsp3) is 0.609. The Bertz CT molecular complexity index is 849. The molecule has 1 aromatic carbocycles. The van der Waals surface area contributed by atoms with Crippen molar-refractivity contribution >= 4 is 22.6 Å². The smallest absolute Gasteiger partial charge is 0.222 e. The number of anilines is 1. The van der Waals surface area contributed by atoms with Gasteiger partial charge in [0.15, 0.2) is 0 Å². The van der Waals surface area contributed by atoms with E-state index in [0.717, 1.165) is 54.2 Å². The first-order valence-corrected chi connectivity index (χ1v) is 11.9. The number of rotatable bonds is 7. The van der Waals surface area contributed by atoms with Crippen molar-refractivity contribution in [2.24, 2.45) is 5.92 Å². The van der Waals surface area contributed by atoms with E-state index in [1.807, 2.05) is 18.2 Å². The zero-order valence-electron chi connectivity index (χ0n) is 18.0. The number of nitrogens with zero attached hydrogens (tertiary/aromatic N) is 4. The number of hydrogen-bond donors (Lipinski definition) is 0. The number of carbonyl (C=O) groups excluding carboxylic acids is 1. The van der Waals surface area contributed by atoms with Crippen molar-refractivity contribution in [1.29, 1.82) is 0 Å². The summed E-state index contributed by atoms with van der Waals surface area (Å²) in [7, 11) is 1.68. The number of ether oxygens (including phenoxy) is 1. The maximum absolute atomic E-state index is 12.7. The molecule has 1 aliphatic carbocycles. The summed E-state index contributed by atoms with van der Waals surface area (Å²) >= 11 is 1.45. The molecule has 2 heterocycles. The summed E-state index contributed by atoms with van der Waals surface area (Å²) in [5.41, 5.74) is 1.14. The summed E-state index contributed by atoms with van der Waals surface area (Å²) < 4.78 is 9.86. The van der Waals surface area contributed by atoms with Crippen LogP contribution in [0, 0.1) is 5.92 Å². The van der Waals surface area contributed by atoms with Crippen molar-refractivity contribution in [3.63, 3.8) is 0 Å². The van der Waals surface area contributed by atoms with Crippen molar-refractivity contribution < 1.29 is 9.53 Å². The quantitative estimate of drug-likeness (QED) is 0.663. The number of methoxy groups -OCH3 is 1. The van der Waals surface area contributed by atoms with Crippen LogP contribution < -0.4 is 9.64 Å². The molecule has 0 bridgehead atoms. The Balaban J connectivity index is 1.30. The van der Waals surface area contributed by atoms with E-state index in [1.54, 1.807) is 7.11 Å². The number of carbonyl (C=O) groups is 1. The second-order valence-electron chi connectivity index (χ2n) is 8.59. The molecule has 0 radical (unpaired) electrons. The first kappa shape index (κ1) is 21.1. The van der Waals surface area contributed by atoms with Gasteiger partial charge in [0, 0.05) is 50.1 Å². The van der Waals surface area contributed by atoms with E-state index < -0.39 is 0 Å². The monoisotopic (exact) mass is 428 g/mol. The Morgan fingerprint density at radius 3 is 2.87 bits per heavy atom. The van der Waals surface area contributed by atoms with Gasteiger partial charge < -0.3 is 14.5 Å². The van der Waals surface area contributed by atoms with E-state index in [2.05, 4.69) is 27.2 Å². The Hall–Kier alpha value is -2.15. The molecule has 2 aromatic rings. The van der Waals surface area contributed by atoms with Gasteiger partial charge in [-0.2, -0.15) is 4.37 Å². The topological polar surface area (TPSA) is 58.6 Å². The zero-order valence-corrected chi connectivity index (χ0v) is 18.9. The van der Waals surface area contributed by atoms with Gasteiger partial charge in [-0.15, -0.1) is 0 Å². The average Bonchev–Trinajstić information content (AvgIpc) is 3.44. The van der Waals surface area contributed by atoms with Crippen LogP contribution in [0.25, 0.3) is 0 Å². The van der Waals surface area contributed by atoms with Gasteiger partial charge in [0.05, 0.1) is 7.11 Å². The summed E-state index contributed by atoms with van der Waals surface area (Å²) in [6, 6.07) is 8.24. The lowest BCUT2D eigenvalue weighted by atomic mass is 10.0. The zero-order chi connectivity index (χ0) is 20.9. The molecule has 7 heteroatoms. The lowest BCUT2D eigenvalue weighted by Gasteiger charge is -2.39. The minimum absolute atomic E-state index is 0.209. The molecule has 162 valence electrons. The van der Waals surface area contributed by atoms with Crippen LogP contribution in [-0.2, 0) is 11.2 Å². The molecule has 0 spiro atoms. The largest absolute Gasteiger partial charge is 0.497 e. The molecule has 1 saturated carbocycles. The van der Waals surface area contributed by atoms with Crippen LogP contribution in [0.2, 0.25) is 0 Å². The second-order valence-corrected chi connectivity index (χ2v) is 9.32. The Morgan fingerprint density at radius 1 is 1.27 bits per heavy atom. The third-order valence-corrected chi connectivity index (χ3v) is 7.23. The van der Waals surface area contributed by atoms with E-state index in [0.29, 0.717) is 18.7 Å². The third kappa shape index (κ3) is 5.12. The number of piperazine rings is 1. The molecule has 0 unspecified atom stereocenters. The molecule has 6 nitrogen and oxygen atoms in total. The second kappa shape index (κ2) is 9.77. The first-order valence-electron chi connectivity index (χ1n) is 11.1. The van der Waals surface area contributed by atoms with E-state index in [1.165, 1.54) is 37.2 Å². The van der Waals surface area contributed by atoms with Gasteiger partial charge in [-0.3, -0.25) is 4.79 Å². The average molecular weight is 429 g/mol. The van der Waals surface area contributed by atoms with E-state index in [9.17, 15) is 4.79 Å². The fourth-order valence-corrected chi connectivity index (χ4v) is 5.40. The molecule has 1 saturated heterocycles. The molecule has 1 aromatic heterocycles. The highest BCUT2D eigenvalue weighted by Gasteiger charge is 2.29. The molecule has 1 atom stereocenters. The summed E-state index contributed by atoms with van der Waals surface area (Å²) in [5, 5.41) is 0.956. The summed E-state index contributed by atoms with van der Waals surface area (Å²) in [6.07, 6.45) is 7.78. The molecule has 30 heavy (non-hydrogen) atoms. The predicted molar refractivity (Wildman–Crippen MR) is 120 cm³/mol. The van der Waals surface area contributed by atoms with Gasteiger partial charge >= 0.3 is 0 Å². The molecular formula is C23H32N4O2S. The van der Waals surface area contributed by atoms with E-state index >= 15 is 0 Å². The maximum atomic E-state index is 12.7. The lowest BCUT2D eigenvalue weighted by Crippen LogP contribution is -2.54. The summed E-state index contributed by atoms with van der Waals surface area (Å²) in [6.45, 7) is 4.57. The van der Waals surface area contributed by atoms with Gasteiger partial charge in [0.1, 0.15) is 11.6 Å². The van der Waals surface area contributed by atoms with Gasteiger partial charge in [-0.1, -0.05) is 37.8 Å². The fourth-order valence-electron chi connectivity index (χ4n) is 4.68. The van der Waals surface area contributed by atoms with Crippen molar-refractivity contribution in [3.8, 4) is 5.75 Å². The number of aromatic nitrogens is 2. The molecule has 2 aliphatic rings. The van der Waals surface area contributed by atoms with E-state index in [4.69, 9.17) is 9.72 Å². The van der Waals surface area contributed by atoms with Crippen molar-refractivity contribution in [2.75, 3.05) is 31.6 Å². The molecule has 2 fully saturated rings. The molecule has 0 N–H and O–H groups in total. The number of amides is 1. The third-order valence-electron chi connectivity index (χ3n) is 6.41. The minimum Gasteiger partial charge on any atom is -0.497 e. The highest BCUT2D eigenvalue weighted by Crippen LogP contribution is 2.29. The van der Waals surface area contributed by atoms with Crippen molar-refractivity contribution in [2.45, 2.75) is 57.9 Å². The number of benzene rings is 1. The van der Waals surface area contributed by atoms with Crippen molar-refractivity contribution in [1.82, 2.24) is 14.3 Å². The SMILES string of the molecule is COc1cccc(Cc2nsc(N3CCN(C(=O)CCC4CCCC4)[C@H](C)C3)n2)c1. The standard InChI is InChI=1S/C23H32N4O2S/c1-17-16-26(12-13-27(17)22(28)11-10-18-6-3-4-7-18)23-24-21(25-30-23)15-19-8-5-9-20(14-19)29-2/h5,8-9,14,17-18H,3-4,6-7,10-13,15-16H2,1-2H3/t17-/m1/s1. The highest BCUT2D eigenvalue weighted by molar-refractivity contribution is 7.09. The molecule has 1 amide bonds. The minimum atomic E-state index is 0.209. The van der Waals surface area contributed by atoms with Crippen LogP contribution in [0.5, 0.6) is 5.75 Å². The molecule has 4 rings (SSSR count). The van der Waals surface area contributed by atoms with Crippen molar-refractivity contribution in [3.05, 3.63) is 35.7 Å². The van der Waals surface area contributed by atoms with Gasteiger partial charge in [0.2, 0.25) is 11.0 Å². The van der Waals surface area contributed by atoms with Gasteiger partial charge in [0.25, 0.3) is 0 Å². The highest BCUT2D eigenvalue weighted by atomic mass is 32.1. The van der Waals surface area contributed by atoms with E-state index in [-0.39, 0.29) is 6.04 Å². The first-order chi connectivity index (χ1) is 14.6. The molecule has 1 aliphatic heterocycles. The molecular weight excluding hydrogens is 396 g/mol. The normalized spacial score (nSPS) is 20.0. The Kier molecular flexibility index (Phi) is 6.87. The predicted octanol–water partition coefficient (Wildman–Crippen LogP) is 4.15. The Labute approximate surface area is 183 Å². The van der Waals surface area contributed by atoms with Crippen LogP contribution in [0.4, 0.5) is 5.13 Å². The lowest BCUT2D eigenvalue weighted by molar-refractivity contribution is -0.133. The van der Waals surface area contributed by atoms with Crippen LogP contribution in [-0.4, -0.2) is 53.0 Å². The summed E-state index contributed by atoms with van der Waals surface area (Å²) in [5.74, 6) is 2.79. The summed E-state index contributed by atoms with van der Waals surface area (Å²) in [4.78, 5) is 21.9. The number of hydrogen-bond acceptors (Lipinski definition) is 6. The van der Waals surface area contributed by atoms with Gasteiger partial charge in [-0.05, 0) is 37.0 Å². The van der Waals surface area contributed by atoms with Crippen LogP contribution in [0.1, 0.15) is 56.8 Å². The Morgan fingerprint density at radius 2 is 2.10 bits per heavy atom. The maximum Gasteiger partial charge on any atom is 0.222 e.